The third-order valence-corrected chi connectivity index (χ3v) is 6.52. The number of anilines is 1. The summed E-state index contributed by atoms with van der Waals surface area (Å²) in [7, 11) is 1.51. The summed E-state index contributed by atoms with van der Waals surface area (Å²) in [6.45, 7) is 7.88. The number of nitrogens with zero attached hydrogens (tertiary/aromatic N) is 8. The lowest BCUT2D eigenvalue weighted by atomic mass is 10.0. The number of carbonyl (C=O) groups excluding carboxylic acids is 2. The number of fused-ring (bicyclic) bond motifs is 1. The van der Waals surface area contributed by atoms with E-state index in [4.69, 9.17) is 9.47 Å². The monoisotopic (exact) mass is 583 g/mol. The SMILES string of the molecule is CCOc1ccc(C(C(=O)NC(C)(C)C)N(C(=O)Cn2nnc3ccccc32)c2ccc(-n3cnnn3)c(OC)c2)cc1. The number of amides is 2. The zero-order valence-electron chi connectivity index (χ0n) is 24.6. The van der Waals surface area contributed by atoms with Crippen molar-refractivity contribution in [3.8, 4) is 17.2 Å². The van der Waals surface area contributed by atoms with E-state index >= 15 is 0 Å². The molecule has 222 valence electrons. The van der Waals surface area contributed by atoms with Gasteiger partial charge in [-0.05, 0) is 80.1 Å². The number of benzene rings is 3. The first kappa shape index (κ1) is 29.2. The first-order valence-corrected chi connectivity index (χ1v) is 13.7. The van der Waals surface area contributed by atoms with Gasteiger partial charge in [0.05, 0.1) is 19.2 Å². The lowest BCUT2D eigenvalue weighted by Crippen LogP contribution is -2.50. The fraction of sp³-hybridized carbons (Fsp3) is 0.300. The van der Waals surface area contributed by atoms with E-state index in [1.807, 2.05) is 52.0 Å². The van der Waals surface area contributed by atoms with Gasteiger partial charge in [0.15, 0.2) is 0 Å². The quantitative estimate of drug-likeness (QED) is 0.261. The van der Waals surface area contributed by atoms with E-state index in [1.54, 1.807) is 42.5 Å². The Kier molecular flexibility index (Phi) is 8.32. The zero-order valence-corrected chi connectivity index (χ0v) is 24.6. The summed E-state index contributed by atoms with van der Waals surface area (Å²) < 4.78 is 14.3. The van der Waals surface area contributed by atoms with Crippen molar-refractivity contribution in [1.82, 2.24) is 40.5 Å². The Labute approximate surface area is 248 Å². The Hall–Kier alpha value is -5.33. The van der Waals surface area contributed by atoms with Crippen molar-refractivity contribution in [3.05, 3.63) is 78.6 Å². The van der Waals surface area contributed by atoms with Gasteiger partial charge in [0.1, 0.15) is 41.6 Å². The highest BCUT2D eigenvalue weighted by Crippen LogP contribution is 2.34. The average Bonchev–Trinajstić information content (AvgIpc) is 3.66. The molecule has 0 radical (unpaired) electrons. The van der Waals surface area contributed by atoms with Crippen LogP contribution in [0.1, 0.15) is 39.3 Å². The van der Waals surface area contributed by atoms with Gasteiger partial charge in [0, 0.05) is 17.3 Å². The number of rotatable bonds is 10. The second-order valence-electron chi connectivity index (χ2n) is 10.8. The van der Waals surface area contributed by atoms with E-state index in [-0.39, 0.29) is 12.5 Å². The molecule has 3 aromatic carbocycles. The number of aromatic nitrogens is 7. The van der Waals surface area contributed by atoms with Gasteiger partial charge in [0.2, 0.25) is 11.8 Å². The molecule has 13 heteroatoms. The molecule has 2 heterocycles. The van der Waals surface area contributed by atoms with Crippen LogP contribution in [0.4, 0.5) is 5.69 Å². The van der Waals surface area contributed by atoms with Crippen molar-refractivity contribution >= 4 is 28.5 Å². The topological polar surface area (TPSA) is 142 Å². The van der Waals surface area contributed by atoms with E-state index in [0.717, 1.165) is 0 Å². The number of hydrogen-bond acceptors (Lipinski definition) is 9. The number of hydrogen-bond donors (Lipinski definition) is 1. The molecule has 1 atom stereocenters. The normalized spacial score (nSPS) is 12.1. The lowest BCUT2D eigenvalue weighted by Gasteiger charge is -2.34. The number of carbonyl (C=O) groups is 2. The van der Waals surface area contributed by atoms with Gasteiger partial charge >= 0.3 is 0 Å². The van der Waals surface area contributed by atoms with E-state index in [1.165, 1.54) is 27.7 Å². The molecule has 0 bridgehead atoms. The highest BCUT2D eigenvalue weighted by Gasteiger charge is 2.35. The second kappa shape index (κ2) is 12.3. The van der Waals surface area contributed by atoms with Crippen LogP contribution in [-0.4, -0.2) is 66.3 Å². The third kappa shape index (κ3) is 6.45. The van der Waals surface area contributed by atoms with Crippen LogP contribution in [0.3, 0.4) is 0 Å². The summed E-state index contributed by atoms with van der Waals surface area (Å²) in [5.41, 5.74) is 2.35. The fourth-order valence-corrected chi connectivity index (χ4v) is 4.72. The minimum Gasteiger partial charge on any atom is -0.494 e. The Morgan fingerprint density at radius 2 is 1.79 bits per heavy atom. The van der Waals surface area contributed by atoms with Crippen LogP contribution in [0.25, 0.3) is 16.7 Å². The Morgan fingerprint density at radius 3 is 2.47 bits per heavy atom. The van der Waals surface area contributed by atoms with Gasteiger partial charge in [-0.1, -0.05) is 29.5 Å². The van der Waals surface area contributed by atoms with Crippen molar-refractivity contribution in [2.24, 2.45) is 0 Å². The molecule has 0 saturated carbocycles. The van der Waals surface area contributed by atoms with Gasteiger partial charge < -0.3 is 14.8 Å². The molecule has 0 aliphatic heterocycles. The highest BCUT2D eigenvalue weighted by atomic mass is 16.5. The molecule has 5 rings (SSSR count). The van der Waals surface area contributed by atoms with Gasteiger partial charge in [0.25, 0.3) is 0 Å². The molecule has 0 aliphatic carbocycles. The smallest absolute Gasteiger partial charge is 0.249 e. The maximum absolute atomic E-state index is 14.4. The van der Waals surface area contributed by atoms with Crippen LogP contribution in [-0.2, 0) is 16.1 Å². The van der Waals surface area contributed by atoms with Gasteiger partial charge in [-0.3, -0.25) is 14.5 Å². The highest BCUT2D eigenvalue weighted by molar-refractivity contribution is 6.02. The molecular formula is C30H33N9O4. The molecular weight excluding hydrogens is 550 g/mol. The van der Waals surface area contributed by atoms with E-state index < -0.39 is 17.5 Å². The molecule has 0 fully saturated rings. The molecule has 2 amide bonds. The minimum atomic E-state index is -1.05. The first-order valence-electron chi connectivity index (χ1n) is 13.7. The van der Waals surface area contributed by atoms with Crippen molar-refractivity contribution in [1.29, 1.82) is 0 Å². The van der Waals surface area contributed by atoms with Crippen molar-refractivity contribution < 1.29 is 19.1 Å². The zero-order chi connectivity index (χ0) is 30.6. The van der Waals surface area contributed by atoms with Crippen LogP contribution in [0.5, 0.6) is 11.5 Å². The third-order valence-electron chi connectivity index (χ3n) is 6.52. The van der Waals surface area contributed by atoms with Crippen molar-refractivity contribution in [2.45, 2.75) is 45.8 Å². The standard InChI is InChI=1S/C30H33N9O4/c1-6-43-22-14-11-20(12-15-22)28(29(41)32-30(2,3)4)39(27(40)18-37-24-10-8-7-9-23(24)33-35-37)21-13-16-25(26(17-21)42-5)38-19-31-34-36-38/h7-17,19,28H,6,18H2,1-5H3,(H,32,41). The molecule has 1 N–H and O–H groups in total. The molecule has 0 spiro atoms. The van der Waals surface area contributed by atoms with E-state index in [0.29, 0.717) is 46.1 Å². The number of nitrogens with one attached hydrogen (secondary N) is 1. The summed E-state index contributed by atoms with van der Waals surface area (Å²) in [5, 5.41) is 22.8. The average molecular weight is 584 g/mol. The predicted molar refractivity (Wildman–Crippen MR) is 159 cm³/mol. The van der Waals surface area contributed by atoms with Crippen LogP contribution in [0.15, 0.2) is 73.1 Å². The number of ether oxygens (including phenoxy) is 2. The van der Waals surface area contributed by atoms with Gasteiger partial charge in [-0.2, -0.15) is 4.68 Å². The van der Waals surface area contributed by atoms with E-state index in [2.05, 4.69) is 31.2 Å². The summed E-state index contributed by atoms with van der Waals surface area (Å²) >= 11 is 0. The Balaban J connectivity index is 1.65. The van der Waals surface area contributed by atoms with Crippen molar-refractivity contribution in [2.75, 3.05) is 18.6 Å². The van der Waals surface area contributed by atoms with Crippen LogP contribution >= 0.6 is 0 Å². The molecule has 0 aliphatic rings. The van der Waals surface area contributed by atoms with E-state index in [9.17, 15) is 9.59 Å². The molecule has 5 aromatic rings. The Bertz CT molecular complexity index is 1710. The number of tetrazole rings is 1. The van der Waals surface area contributed by atoms with Crippen molar-refractivity contribution in [3.63, 3.8) is 0 Å². The number of para-hydroxylation sites is 1. The molecule has 43 heavy (non-hydrogen) atoms. The summed E-state index contributed by atoms with van der Waals surface area (Å²) in [6, 6.07) is 18.6. The fourth-order valence-electron chi connectivity index (χ4n) is 4.72. The maximum Gasteiger partial charge on any atom is 0.249 e. The summed E-state index contributed by atoms with van der Waals surface area (Å²) in [4.78, 5) is 29.9. The van der Waals surface area contributed by atoms with Crippen LogP contribution in [0, 0.1) is 0 Å². The van der Waals surface area contributed by atoms with Gasteiger partial charge in [-0.15, -0.1) is 10.2 Å². The maximum atomic E-state index is 14.4. The largest absolute Gasteiger partial charge is 0.494 e. The molecule has 1 unspecified atom stereocenters. The second-order valence-corrected chi connectivity index (χ2v) is 10.8. The van der Waals surface area contributed by atoms with Crippen LogP contribution < -0.4 is 19.7 Å². The molecule has 0 saturated heterocycles. The summed E-state index contributed by atoms with van der Waals surface area (Å²) in [5.74, 6) is 0.295. The minimum absolute atomic E-state index is 0.173. The lowest BCUT2D eigenvalue weighted by molar-refractivity contribution is -0.128. The molecule has 13 nitrogen and oxygen atoms in total. The first-order chi connectivity index (χ1) is 20.7. The van der Waals surface area contributed by atoms with Crippen LogP contribution in [0.2, 0.25) is 0 Å². The summed E-state index contributed by atoms with van der Waals surface area (Å²) in [6.07, 6.45) is 1.44. The molecule has 2 aromatic heterocycles. The Morgan fingerprint density at radius 1 is 1.02 bits per heavy atom. The predicted octanol–water partition coefficient (Wildman–Crippen LogP) is 3.50. The van der Waals surface area contributed by atoms with Gasteiger partial charge in [-0.25, -0.2) is 4.68 Å². The number of methoxy groups -OCH3 is 1.